The van der Waals surface area contributed by atoms with Gasteiger partial charge in [-0.3, -0.25) is 4.98 Å². The molecular weight excluding hydrogens is 294 g/mol. The highest BCUT2D eigenvalue weighted by Gasteiger charge is 2.26. The number of rotatable bonds is 3. The van der Waals surface area contributed by atoms with Gasteiger partial charge >= 0.3 is 6.09 Å². The van der Waals surface area contributed by atoms with Gasteiger partial charge in [-0.25, -0.2) is 4.79 Å². The molecule has 1 aromatic heterocycles. The molecule has 23 heavy (non-hydrogen) atoms. The zero-order valence-corrected chi connectivity index (χ0v) is 14.2. The molecule has 0 spiro atoms. The third-order valence-electron chi connectivity index (χ3n) is 3.70. The Kier molecular flexibility index (Phi) is 5.82. The Morgan fingerprint density at radius 1 is 1.43 bits per heavy atom. The summed E-state index contributed by atoms with van der Waals surface area (Å²) in [7, 11) is 0. The first-order valence-corrected chi connectivity index (χ1v) is 8.19. The molecule has 6 heteroatoms. The lowest BCUT2D eigenvalue weighted by Gasteiger charge is -2.28. The standard InChI is InChI=1S/C17H27N3O3/c1-17(2,3)23-16(22)20-9-5-4-6-14(12-20)18-10-13-7-8-15(21)11-19-13/h7-8,11,14,18,21H,4-6,9-10,12H2,1-3H3. The summed E-state index contributed by atoms with van der Waals surface area (Å²) in [6, 6.07) is 3.65. The van der Waals surface area contributed by atoms with Gasteiger partial charge in [-0.2, -0.15) is 0 Å². The summed E-state index contributed by atoms with van der Waals surface area (Å²) in [5.74, 6) is 0.166. The molecule has 2 N–H and O–H groups in total. The Balaban J connectivity index is 1.88. The van der Waals surface area contributed by atoms with Crippen LogP contribution in [0.4, 0.5) is 4.79 Å². The summed E-state index contributed by atoms with van der Waals surface area (Å²) >= 11 is 0. The lowest BCUT2D eigenvalue weighted by molar-refractivity contribution is 0.0243. The van der Waals surface area contributed by atoms with E-state index in [4.69, 9.17) is 4.74 Å². The summed E-state index contributed by atoms with van der Waals surface area (Å²) in [6.45, 7) is 7.66. The molecule has 1 fully saturated rings. The molecule has 0 radical (unpaired) electrons. The molecule has 0 aromatic carbocycles. The van der Waals surface area contributed by atoms with Crippen molar-refractivity contribution in [3.05, 3.63) is 24.0 Å². The first kappa shape index (κ1) is 17.5. The van der Waals surface area contributed by atoms with Crippen molar-refractivity contribution in [1.29, 1.82) is 0 Å². The number of aromatic nitrogens is 1. The Hall–Kier alpha value is -1.82. The fraction of sp³-hybridized carbons (Fsp3) is 0.647. The van der Waals surface area contributed by atoms with Crippen LogP contribution in [0.25, 0.3) is 0 Å². The van der Waals surface area contributed by atoms with Crippen molar-refractivity contribution < 1.29 is 14.6 Å². The number of ether oxygens (including phenoxy) is 1. The number of hydrogen-bond acceptors (Lipinski definition) is 5. The van der Waals surface area contributed by atoms with Gasteiger partial charge in [0.25, 0.3) is 0 Å². The van der Waals surface area contributed by atoms with Crippen molar-refractivity contribution in [2.24, 2.45) is 0 Å². The highest BCUT2D eigenvalue weighted by Crippen LogP contribution is 2.16. The SMILES string of the molecule is CC(C)(C)OC(=O)N1CCCCC(NCc2ccc(O)cn2)C1. The lowest BCUT2D eigenvalue weighted by atomic mass is 10.1. The number of nitrogens with zero attached hydrogens (tertiary/aromatic N) is 2. The average molecular weight is 321 g/mol. The van der Waals surface area contributed by atoms with Crippen LogP contribution in [0.1, 0.15) is 45.7 Å². The Labute approximate surface area is 137 Å². The highest BCUT2D eigenvalue weighted by atomic mass is 16.6. The Bertz CT molecular complexity index is 511. The van der Waals surface area contributed by atoms with Crippen LogP contribution >= 0.6 is 0 Å². The van der Waals surface area contributed by atoms with E-state index in [-0.39, 0.29) is 17.9 Å². The fourth-order valence-corrected chi connectivity index (χ4v) is 2.57. The smallest absolute Gasteiger partial charge is 0.410 e. The van der Waals surface area contributed by atoms with Gasteiger partial charge in [0, 0.05) is 25.7 Å². The minimum Gasteiger partial charge on any atom is -0.506 e. The van der Waals surface area contributed by atoms with E-state index < -0.39 is 5.60 Å². The monoisotopic (exact) mass is 321 g/mol. The molecule has 0 bridgehead atoms. The first-order chi connectivity index (χ1) is 10.8. The molecule has 0 aliphatic carbocycles. The number of likely N-dealkylation sites (tertiary alicyclic amines) is 1. The second kappa shape index (κ2) is 7.64. The molecule has 6 nitrogen and oxygen atoms in total. The second-order valence-corrected chi connectivity index (χ2v) is 7.01. The van der Waals surface area contributed by atoms with Gasteiger partial charge in [-0.05, 0) is 45.7 Å². The molecule has 1 unspecified atom stereocenters. The summed E-state index contributed by atoms with van der Waals surface area (Å²) in [6.07, 6.45) is 4.30. The molecule has 1 saturated heterocycles. The summed E-state index contributed by atoms with van der Waals surface area (Å²) in [5, 5.41) is 12.7. The van der Waals surface area contributed by atoms with Gasteiger partial charge in [0.05, 0.1) is 11.9 Å². The summed E-state index contributed by atoms with van der Waals surface area (Å²) in [4.78, 5) is 18.2. The first-order valence-electron chi connectivity index (χ1n) is 8.19. The maximum absolute atomic E-state index is 12.3. The highest BCUT2D eigenvalue weighted by molar-refractivity contribution is 5.68. The van der Waals surface area contributed by atoms with Crippen LogP contribution in [0.3, 0.4) is 0 Å². The summed E-state index contributed by atoms with van der Waals surface area (Å²) < 4.78 is 5.48. The van der Waals surface area contributed by atoms with E-state index in [1.807, 2.05) is 20.8 Å². The van der Waals surface area contributed by atoms with Gasteiger partial charge < -0.3 is 20.1 Å². The molecular formula is C17H27N3O3. The van der Waals surface area contributed by atoms with Gasteiger partial charge in [0.2, 0.25) is 0 Å². The van der Waals surface area contributed by atoms with Gasteiger partial charge in [0.1, 0.15) is 11.4 Å². The molecule has 1 atom stereocenters. The molecule has 2 rings (SSSR count). The van der Waals surface area contributed by atoms with E-state index in [0.29, 0.717) is 13.1 Å². The number of carbonyl (C=O) groups excluding carboxylic acids is 1. The Morgan fingerprint density at radius 3 is 2.87 bits per heavy atom. The number of amides is 1. The number of pyridine rings is 1. The quantitative estimate of drug-likeness (QED) is 0.895. The molecule has 1 aliphatic heterocycles. The lowest BCUT2D eigenvalue weighted by Crippen LogP contribution is -2.44. The predicted molar refractivity (Wildman–Crippen MR) is 88.2 cm³/mol. The maximum atomic E-state index is 12.3. The van der Waals surface area contributed by atoms with E-state index in [0.717, 1.165) is 31.5 Å². The largest absolute Gasteiger partial charge is 0.506 e. The van der Waals surface area contributed by atoms with Gasteiger partial charge in [0.15, 0.2) is 0 Å². The van der Waals surface area contributed by atoms with Crippen LogP contribution in [0.2, 0.25) is 0 Å². The topological polar surface area (TPSA) is 74.7 Å². The molecule has 1 aliphatic rings. The molecule has 2 heterocycles. The van der Waals surface area contributed by atoms with Crippen LogP contribution in [-0.2, 0) is 11.3 Å². The minimum atomic E-state index is -0.470. The number of carbonyl (C=O) groups is 1. The number of aromatic hydroxyl groups is 1. The fourth-order valence-electron chi connectivity index (χ4n) is 2.57. The van der Waals surface area contributed by atoms with Crippen molar-refractivity contribution in [2.45, 2.75) is 58.2 Å². The second-order valence-electron chi connectivity index (χ2n) is 7.01. The van der Waals surface area contributed by atoms with E-state index >= 15 is 0 Å². The molecule has 1 aromatic rings. The van der Waals surface area contributed by atoms with E-state index in [1.165, 1.54) is 6.20 Å². The van der Waals surface area contributed by atoms with E-state index in [9.17, 15) is 9.90 Å². The van der Waals surface area contributed by atoms with Gasteiger partial charge in [-0.15, -0.1) is 0 Å². The van der Waals surface area contributed by atoms with Crippen LogP contribution < -0.4 is 5.32 Å². The van der Waals surface area contributed by atoms with Crippen molar-refractivity contribution in [3.8, 4) is 5.75 Å². The van der Waals surface area contributed by atoms with Crippen LogP contribution in [0, 0.1) is 0 Å². The predicted octanol–water partition coefficient (Wildman–Crippen LogP) is 2.67. The van der Waals surface area contributed by atoms with Crippen molar-refractivity contribution in [3.63, 3.8) is 0 Å². The van der Waals surface area contributed by atoms with Crippen LogP contribution in [-0.4, -0.2) is 45.8 Å². The Morgan fingerprint density at radius 2 is 2.22 bits per heavy atom. The van der Waals surface area contributed by atoms with E-state index in [1.54, 1.807) is 17.0 Å². The molecule has 1 amide bonds. The third kappa shape index (κ3) is 6.06. The maximum Gasteiger partial charge on any atom is 0.410 e. The average Bonchev–Trinajstić information content (AvgIpc) is 2.70. The number of nitrogens with one attached hydrogen (secondary N) is 1. The van der Waals surface area contributed by atoms with Crippen LogP contribution in [0.5, 0.6) is 5.75 Å². The van der Waals surface area contributed by atoms with Crippen molar-refractivity contribution in [2.75, 3.05) is 13.1 Å². The van der Waals surface area contributed by atoms with Crippen molar-refractivity contribution >= 4 is 6.09 Å². The zero-order chi connectivity index (χ0) is 16.9. The van der Waals surface area contributed by atoms with E-state index in [2.05, 4.69) is 10.3 Å². The molecule has 0 saturated carbocycles. The van der Waals surface area contributed by atoms with Gasteiger partial charge in [-0.1, -0.05) is 6.42 Å². The summed E-state index contributed by atoms with van der Waals surface area (Å²) in [5.41, 5.74) is 0.401. The number of hydrogen-bond donors (Lipinski definition) is 2. The van der Waals surface area contributed by atoms with Crippen LogP contribution in [0.15, 0.2) is 18.3 Å². The third-order valence-corrected chi connectivity index (χ3v) is 3.70. The minimum absolute atomic E-state index is 0.166. The van der Waals surface area contributed by atoms with Crippen molar-refractivity contribution in [1.82, 2.24) is 15.2 Å². The zero-order valence-electron chi connectivity index (χ0n) is 14.2. The molecule has 128 valence electrons. The normalized spacial score (nSPS) is 19.3.